The number of carboxylic acid groups (broad SMARTS) is 1. The number of alkyl halides is 3. The zero-order valence-electron chi connectivity index (χ0n) is 10.2. The molecule has 0 radical (unpaired) electrons. The molecule has 0 aliphatic heterocycles. The zero-order chi connectivity index (χ0) is 15.3. The molecule has 8 heteroatoms. The van der Waals surface area contributed by atoms with Gasteiger partial charge in [0, 0.05) is 0 Å². The highest BCUT2D eigenvalue weighted by atomic mass is 19.4. The third-order valence-electron chi connectivity index (χ3n) is 2.56. The van der Waals surface area contributed by atoms with Crippen molar-refractivity contribution in [1.82, 2.24) is 0 Å². The molecule has 0 aliphatic rings. The standard InChI is InChI=1S/C12H13F3O5/c13-12(14,15)20-4-3-7-5-8(11(18)19)1-2-9(7)10(17)6-16/h1-2,5,10,16-17H,3-4,6H2,(H,18,19). The van der Waals surface area contributed by atoms with Crippen LogP contribution in [0.2, 0.25) is 0 Å². The fourth-order valence-electron chi connectivity index (χ4n) is 1.66. The van der Waals surface area contributed by atoms with Crippen LogP contribution in [0.15, 0.2) is 18.2 Å². The maximum absolute atomic E-state index is 11.9. The highest BCUT2D eigenvalue weighted by Gasteiger charge is 2.28. The maximum Gasteiger partial charge on any atom is 0.522 e. The summed E-state index contributed by atoms with van der Waals surface area (Å²) in [7, 11) is 0. The summed E-state index contributed by atoms with van der Waals surface area (Å²) in [6.45, 7) is -1.34. The largest absolute Gasteiger partial charge is 0.522 e. The monoisotopic (exact) mass is 294 g/mol. The van der Waals surface area contributed by atoms with Gasteiger partial charge in [-0.2, -0.15) is 0 Å². The first-order chi connectivity index (χ1) is 9.24. The van der Waals surface area contributed by atoms with Gasteiger partial charge in [-0.25, -0.2) is 4.79 Å². The van der Waals surface area contributed by atoms with Crippen molar-refractivity contribution in [1.29, 1.82) is 0 Å². The van der Waals surface area contributed by atoms with Gasteiger partial charge in [0.25, 0.3) is 0 Å². The third kappa shape index (κ3) is 4.80. The minimum Gasteiger partial charge on any atom is -0.478 e. The number of aromatic carboxylic acids is 1. The molecule has 1 atom stereocenters. The molecule has 0 saturated heterocycles. The minimum absolute atomic E-state index is 0.124. The average Bonchev–Trinajstić information content (AvgIpc) is 2.36. The second-order valence-corrected chi connectivity index (χ2v) is 3.96. The molecule has 0 aromatic heterocycles. The molecule has 1 unspecified atom stereocenters. The van der Waals surface area contributed by atoms with E-state index in [1.165, 1.54) is 12.1 Å². The smallest absolute Gasteiger partial charge is 0.478 e. The number of carbonyl (C=O) groups is 1. The first-order valence-corrected chi connectivity index (χ1v) is 5.60. The molecule has 0 bridgehead atoms. The van der Waals surface area contributed by atoms with Crippen LogP contribution in [0.1, 0.15) is 27.6 Å². The number of aliphatic hydroxyl groups is 2. The van der Waals surface area contributed by atoms with E-state index in [4.69, 9.17) is 10.2 Å². The topological polar surface area (TPSA) is 87.0 Å². The molecule has 20 heavy (non-hydrogen) atoms. The van der Waals surface area contributed by atoms with Crippen LogP contribution < -0.4 is 0 Å². The molecule has 5 nitrogen and oxygen atoms in total. The Morgan fingerprint density at radius 2 is 2.00 bits per heavy atom. The summed E-state index contributed by atoms with van der Waals surface area (Å²) in [4.78, 5) is 10.8. The second kappa shape index (κ2) is 6.69. The summed E-state index contributed by atoms with van der Waals surface area (Å²) in [6, 6.07) is 3.61. The molecule has 1 rings (SSSR count). The Hall–Kier alpha value is -1.64. The van der Waals surface area contributed by atoms with Gasteiger partial charge in [-0.3, -0.25) is 4.74 Å². The number of ether oxygens (including phenoxy) is 1. The second-order valence-electron chi connectivity index (χ2n) is 3.96. The van der Waals surface area contributed by atoms with Gasteiger partial charge in [-0.1, -0.05) is 6.07 Å². The van der Waals surface area contributed by atoms with E-state index < -0.39 is 31.6 Å². The molecular weight excluding hydrogens is 281 g/mol. The lowest BCUT2D eigenvalue weighted by Gasteiger charge is -2.15. The summed E-state index contributed by atoms with van der Waals surface area (Å²) in [6.07, 6.45) is -6.31. The third-order valence-corrected chi connectivity index (χ3v) is 2.56. The summed E-state index contributed by atoms with van der Waals surface area (Å²) in [5, 5.41) is 27.2. The van der Waals surface area contributed by atoms with Crippen LogP contribution in [0, 0.1) is 0 Å². The average molecular weight is 294 g/mol. The van der Waals surface area contributed by atoms with Gasteiger partial charge >= 0.3 is 12.3 Å². The Morgan fingerprint density at radius 3 is 2.50 bits per heavy atom. The van der Waals surface area contributed by atoms with Crippen molar-refractivity contribution < 1.29 is 38.0 Å². The zero-order valence-corrected chi connectivity index (χ0v) is 10.2. The molecule has 0 saturated carbocycles. The van der Waals surface area contributed by atoms with Gasteiger partial charge in [0.2, 0.25) is 0 Å². The minimum atomic E-state index is -4.78. The van der Waals surface area contributed by atoms with E-state index in [-0.39, 0.29) is 23.1 Å². The van der Waals surface area contributed by atoms with Crippen molar-refractivity contribution >= 4 is 5.97 Å². The first-order valence-electron chi connectivity index (χ1n) is 5.60. The molecule has 0 amide bonds. The lowest BCUT2D eigenvalue weighted by molar-refractivity contribution is -0.324. The SMILES string of the molecule is O=C(O)c1ccc(C(O)CO)c(CCOC(F)(F)F)c1. The molecule has 0 spiro atoms. The lowest BCUT2D eigenvalue weighted by atomic mass is 9.98. The molecule has 0 aliphatic carbocycles. The summed E-state index contributed by atoms with van der Waals surface area (Å²) < 4.78 is 39.3. The Bertz CT molecular complexity index is 473. The molecule has 1 aromatic carbocycles. The molecule has 0 fully saturated rings. The highest BCUT2D eigenvalue weighted by molar-refractivity contribution is 5.87. The van der Waals surface area contributed by atoms with Gasteiger partial charge in [0.15, 0.2) is 0 Å². The van der Waals surface area contributed by atoms with Crippen LogP contribution in [0.3, 0.4) is 0 Å². The van der Waals surface area contributed by atoms with E-state index >= 15 is 0 Å². The van der Waals surface area contributed by atoms with Crippen molar-refractivity contribution in [2.75, 3.05) is 13.2 Å². The normalized spacial score (nSPS) is 13.2. The number of carboxylic acids is 1. The lowest BCUT2D eigenvalue weighted by Crippen LogP contribution is -2.17. The van der Waals surface area contributed by atoms with E-state index in [1.54, 1.807) is 0 Å². The van der Waals surface area contributed by atoms with Crippen LogP contribution in [-0.2, 0) is 11.2 Å². The predicted octanol–water partition coefficient (Wildman–Crippen LogP) is 1.49. The molecular formula is C12H13F3O5. The van der Waals surface area contributed by atoms with E-state index in [2.05, 4.69) is 4.74 Å². The number of rotatable bonds is 6. The van der Waals surface area contributed by atoms with Crippen molar-refractivity contribution in [3.05, 3.63) is 34.9 Å². The maximum atomic E-state index is 11.9. The van der Waals surface area contributed by atoms with E-state index in [9.17, 15) is 23.1 Å². The van der Waals surface area contributed by atoms with Crippen LogP contribution in [-0.4, -0.2) is 40.9 Å². The van der Waals surface area contributed by atoms with Crippen LogP contribution in [0.5, 0.6) is 0 Å². The van der Waals surface area contributed by atoms with Crippen molar-refractivity contribution in [3.63, 3.8) is 0 Å². The number of aliphatic hydroxyl groups excluding tert-OH is 2. The van der Waals surface area contributed by atoms with Crippen molar-refractivity contribution in [3.8, 4) is 0 Å². The quantitative estimate of drug-likeness (QED) is 0.740. The number of halogens is 3. The first kappa shape index (κ1) is 16.4. The van der Waals surface area contributed by atoms with Crippen LogP contribution in [0.4, 0.5) is 13.2 Å². The van der Waals surface area contributed by atoms with Crippen LogP contribution in [0.25, 0.3) is 0 Å². The van der Waals surface area contributed by atoms with Gasteiger partial charge < -0.3 is 15.3 Å². The molecule has 1 aromatic rings. The van der Waals surface area contributed by atoms with Gasteiger partial charge in [-0.05, 0) is 29.7 Å². The van der Waals surface area contributed by atoms with Gasteiger partial charge in [0.05, 0.1) is 18.8 Å². The van der Waals surface area contributed by atoms with Crippen LogP contribution >= 0.6 is 0 Å². The Balaban J connectivity index is 2.93. The number of benzene rings is 1. The summed E-state index contributed by atoms with van der Waals surface area (Å²) in [5.41, 5.74) is 0.222. The highest BCUT2D eigenvalue weighted by Crippen LogP contribution is 2.22. The van der Waals surface area contributed by atoms with Crippen molar-refractivity contribution in [2.45, 2.75) is 18.9 Å². The number of hydrogen-bond donors (Lipinski definition) is 3. The fraction of sp³-hybridized carbons (Fsp3) is 0.417. The van der Waals surface area contributed by atoms with Gasteiger partial charge in [-0.15, -0.1) is 13.2 Å². The summed E-state index contributed by atoms with van der Waals surface area (Å²) in [5.74, 6) is -1.24. The molecule has 3 N–H and O–H groups in total. The van der Waals surface area contributed by atoms with Gasteiger partial charge in [0.1, 0.15) is 6.10 Å². The fourth-order valence-corrected chi connectivity index (χ4v) is 1.66. The van der Waals surface area contributed by atoms with E-state index in [0.717, 1.165) is 6.07 Å². The Kier molecular flexibility index (Phi) is 5.49. The van der Waals surface area contributed by atoms with Crippen molar-refractivity contribution in [2.24, 2.45) is 0 Å². The Morgan fingerprint density at radius 1 is 1.35 bits per heavy atom. The van der Waals surface area contributed by atoms with E-state index in [1.807, 2.05) is 0 Å². The Labute approximate surface area is 112 Å². The molecule has 0 heterocycles. The molecule has 112 valence electrons. The predicted molar refractivity (Wildman–Crippen MR) is 61.2 cm³/mol. The summed E-state index contributed by atoms with van der Waals surface area (Å²) >= 11 is 0. The number of hydrogen-bond acceptors (Lipinski definition) is 4. The van der Waals surface area contributed by atoms with E-state index in [0.29, 0.717) is 0 Å².